The van der Waals surface area contributed by atoms with E-state index in [1.54, 1.807) is 13.8 Å². The number of hydrogen-bond donors (Lipinski definition) is 2. The molecule has 2 N–H and O–H groups in total. The molecule has 0 heterocycles. The molecule has 0 bridgehead atoms. The fraction of sp³-hybridized carbons (Fsp3) is 0.300. The van der Waals surface area contributed by atoms with Crippen molar-refractivity contribution < 1.29 is 9.59 Å². The van der Waals surface area contributed by atoms with Crippen LogP contribution in [0.25, 0.3) is 0 Å². The molecule has 2 amide bonds. The number of nitrogens with one attached hydrogen (secondary N) is 2. The summed E-state index contributed by atoms with van der Waals surface area (Å²) in [5, 5.41) is 6.32. The monoisotopic (exact) mass is 358 g/mol. The molecule has 2 rings (SSSR count). The highest BCUT2D eigenvalue weighted by molar-refractivity contribution is 6.30. The van der Waals surface area contributed by atoms with Crippen LogP contribution in [0.1, 0.15) is 25.0 Å². The van der Waals surface area contributed by atoms with Crippen LogP contribution >= 0.6 is 11.6 Å². The van der Waals surface area contributed by atoms with Crippen LogP contribution in [0.5, 0.6) is 0 Å². The van der Waals surface area contributed by atoms with Gasteiger partial charge >= 0.3 is 0 Å². The third-order valence-corrected chi connectivity index (χ3v) is 4.25. The molecule has 0 unspecified atom stereocenters. The van der Waals surface area contributed by atoms with Gasteiger partial charge in [0.15, 0.2) is 0 Å². The minimum absolute atomic E-state index is 0.292. The van der Waals surface area contributed by atoms with Gasteiger partial charge in [-0.25, -0.2) is 0 Å². The number of benzene rings is 2. The summed E-state index contributed by atoms with van der Waals surface area (Å²) in [6.45, 7) is 4.11. The van der Waals surface area contributed by atoms with Crippen LogP contribution < -0.4 is 10.6 Å². The summed E-state index contributed by atoms with van der Waals surface area (Å²) in [4.78, 5) is 24.7. The van der Waals surface area contributed by atoms with Crippen molar-refractivity contribution in [2.45, 2.75) is 26.8 Å². The minimum Gasteiger partial charge on any atom is -0.355 e. The zero-order valence-corrected chi connectivity index (χ0v) is 15.3. The van der Waals surface area contributed by atoms with E-state index in [1.165, 1.54) is 0 Å². The molecule has 0 aromatic heterocycles. The van der Waals surface area contributed by atoms with Crippen LogP contribution in [0.2, 0.25) is 5.02 Å². The van der Waals surface area contributed by atoms with Crippen molar-refractivity contribution in [3.05, 3.63) is 70.7 Å². The highest BCUT2D eigenvalue weighted by Crippen LogP contribution is 2.16. The van der Waals surface area contributed by atoms with E-state index in [4.69, 9.17) is 11.6 Å². The Morgan fingerprint density at radius 1 is 0.920 bits per heavy atom. The molecule has 0 aliphatic rings. The van der Waals surface area contributed by atoms with Gasteiger partial charge in [0.05, 0.1) is 0 Å². The van der Waals surface area contributed by atoms with E-state index in [0.29, 0.717) is 24.5 Å². The Labute approximate surface area is 153 Å². The van der Waals surface area contributed by atoms with Crippen LogP contribution in [0.15, 0.2) is 54.6 Å². The van der Waals surface area contributed by atoms with Gasteiger partial charge in [0, 0.05) is 18.1 Å². The second-order valence-electron chi connectivity index (χ2n) is 6.43. The molecule has 25 heavy (non-hydrogen) atoms. The standard InChI is InChI=1S/C20H23ClN2O2/c1-20(2,19(25)23-14-16-7-4-3-5-8-16)18(24)22-12-11-15-9-6-10-17(21)13-15/h3-10,13H,11-12,14H2,1-2H3,(H,22,24)(H,23,25). The Morgan fingerprint density at radius 3 is 2.24 bits per heavy atom. The molecule has 2 aromatic carbocycles. The summed E-state index contributed by atoms with van der Waals surface area (Å²) in [6.07, 6.45) is 0.661. The Morgan fingerprint density at radius 2 is 1.56 bits per heavy atom. The lowest BCUT2D eigenvalue weighted by Gasteiger charge is -2.22. The first-order valence-corrected chi connectivity index (χ1v) is 8.62. The Balaban J connectivity index is 1.82. The molecule has 0 aliphatic heterocycles. The summed E-state index contributed by atoms with van der Waals surface area (Å²) in [6, 6.07) is 17.1. The van der Waals surface area contributed by atoms with E-state index in [9.17, 15) is 9.59 Å². The normalized spacial score (nSPS) is 11.0. The van der Waals surface area contributed by atoms with E-state index in [2.05, 4.69) is 10.6 Å². The number of hydrogen-bond acceptors (Lipinski definition) is 2. The number of carbonyl (C=O) groups is 2. The molecule has 2 aromatic rings. The number of halogens is 1. The molecular weight excluding hydrogens is 336 g/mol. The van der Waals surface area contributed by atoms with Crippen LogP contribution in [0.4, 0.5) is 0 Å². The first kappa shape index (κ1) is 19.0. The van der Waals surface area contributed by atoms with Crippen molar-refractivity contribution in [3.8, 4) is 0 Å². The van der Waals surface area contributed by atoms with E-state index >= 15 is 0 Å². The molecule has 0 saturated carbocycles. The second-order valence-corrected chi connectivity index (χ2v) is 6.87. The van der Waals surface area contributed by atoms with Gasteiger partial charge in [-0.1, -0.05) is 54.1 Å². The maximum atomic E-state index is 12.4. The van der Waals surface area contributed by atoms with Crippen molar-refractivity contribution in [3.63, 3.8) is 0 Å². The van der Waals surface area contributed by atoms with Crippen molar-refractivity contribution >= 4 is 23.4 Å². The van der Waals surface area contributed by atoms with E-state index in [1.807, 2.05) is 54.6 Å². The summed E-state index contributed by atoms with van der Waals surface area (Å²) in [5.41, 5.74) is 0.899. The minimum atomic E-state index is -1.14. The van der Waals surface area contributed by atoms with Crippen molar-refractivity contribution in [1.82, 2.24) is 10.6 Å². The average molecular weight is 359 g/mol. The zero-order valence-electron chi connectivity index (χ0n) is 14.5. The molecule has 132 valence electrons. The lowest BCUT2D eigenvalue weighted by molar-refractivity contribution is -0.141. The zero-order chi connectivity index (χ0) is 18.3. The smallest absolute Gasteiger partial charge is 0.235 e. The summed E-state index contributed by atoms with van der Waals surface area (Å²) in [7, 11) is 0. The largest absolute Gasteiger partial charge is 0.355 e. The molecule has 4 nitrogen and oxygen atoms in total. The molecule has 0 radical (unpaired) electrons. The molecule has 0 atom stereocenters. The third kappa shape index (κ3) is 5.61. The predicted molar refractivity (Wildman–Crippen MR) is 100 cm³/mol. The fourth-order valence-corrected chi connectivity index (χ4v) is 2.55. The summed E-state index contributed by atoms with van der Waals surface area (Å²) in [5.74, 6) is -0.586. The van der Waals surface area contributed by atoms with Gasteiger partial charge in [-0.2, -0.15) is 0 Å². The molecular formula is C20H23ClN2O2. The van der Waals surface area contributed by atoms with Gasteiger partial charge in [0.2, 0.25) is 11.8 Å². The highest BCUT2D eigenvalue weighted by Gasteiger charge is 2.35. The Hall–Kier alpha value is -2.33. The van der Waals surface area contributed by atoms with E-state index in [0.717, 1.165) is 11.1 Å². The number of rotatable bonds is 7. The maximum Gasteiger partial charge on any atom is 0.235 e. The predicted octanol–water partition coefficient (Wildman–Crippen LogP) is 3.34. The first-order chi connectivity index (χ1) is 11.9. The van der Waals surface area contributed by atoms with Crippen LogP contribution in [-0.2, 0) is 22.6 Å². The lowest BCUT2D eigenvalue weighted by atomic mass is 9.91. The lowest BCUT2D eigenvalue weighted by Crippen LogP contribution is -2.48. The molecule has 0 fully saturated rings. The quantitative estimate of drug-likeness (QED) is 0.746. The number of amides is 2. The van der Waals surface area contributed by atoms with Crippen LogP contribution in [0.3, 0.4) is 0 Å². The van der Waals surface area contributed by atoms with E-state index in [-0.39, 0.29) is 11.8 Å². The molecule has 0 aliphatic carbocycles. The van der Waals surface area contributed by atoms with Crippen molar-refractivity contribution in [1.29, 1.82) is 0 Å². The SMILES string of the molecule is CC(C)(C(=O)NCCc1cccc(Cl)c1)C(=O)NCc1ccccc1. The first-order valence-electron chi connectivity index (χ1n) is 8.24. The van der Waals surface area contributed by atoms with Gasteiger partial charge in [-0.15, -0.1) is 0 Å². The molecule has 0 saturated heterocycles. The molecule has 5 heteroatoms. The maximum absolute atomic E-state index is 12.4. The highest BCUT2D eigenvalue weighted by atomic mass is 35.5. The fourth-order valence-electron chi connectivity index (χ4n) is 2.34. The second kappa shape index (κ2) is 8.67. The summed E-state index contributed by atoms with van der Waals surface area (Å²) >= 11 is 5.95. The molecule has 0 spiro atoms. The van der Waals surface area contributed by atoms with Crippen molar-refractivity contribution in [2.75, 3.05) is 6.54 Å². The van der Waals surface area contributed by atoms with Gasteiger partial charge in [0.25, 0.3) is 0 Å². The Bertz CT molecular complexity index is 729. The van der Waals surface area contributed by atoms with Crippen LogP contribution in [-0.4, -0.2) is 18.4 Å². The van der Waals surface area contributed by atoms with Gasteiger partial charge in [0.1, 0.15) is 5.41 Å². The van der Waals surface area contributed by atoms with Gasteiger partial charge in [-0.05, 0) is 43.5 Å². The number of carbonyl (C=O) groups excluding carboxylic acids is 2. The van der Waals surface area contributed by atoms with Crippen molar-refractivity contribution in [2.24, 2.45) is 5.41 Å². The van der Waals surface area contributed by atoms with Gasteiger partial charge < -0.3 is 10.6 Å². The third-order valence-electron chi connectivity index (χ3n) is 4.02. The van der Waals surface area contributed by atoms with E-state index < -0.39 is 5.41 Å². The average Bonchev–Trinajstić information content (AvgIpc) is 2.60. The summed E-state index contributed by atoms with van der Waals surface area (Å²) < 4.78 is 0. The van der Waals surface area contributed by atoms with Gasteiger partial charge in [-0.3, -0.25) is 9.59 Å². The topological polar surface area (TPSA) is 58.2 Å². The Kier molecular flexibility index (Phi) is 6.59. The van der Waals surface area contributed by atoms with Crippen LogP contribution in [0, 0.1) is 5.41 Å².